The van der Waals surface area contributed by atoms with Gasteiger partial charge in [0, 0.05) is 18.2 Å². The highest BCUT2D eigenvalue weighted by Crippen LogP contribution is 2.31. The lowest BCUT2D eigenvalue weighted by atomic mass is 10.2. The van der Waals surface area contributed by atoms with Crippen molar-refractivity contribution in [2.45, 2.75) is 19.1 Å². The van der Waals surface area contributed by atoms with Crippen LogP contribution in [0, 0.1) is 10.1 Å². The SMILES string of the molecule is CC(N)C(=O)Nc1cc(OCCO[N+](=O)[O-])ccc1OCC(F)(F)F.O=C(O)C=CC(=O)O. The average molecular weight is 483 g/mol. The third-order valence-electron chi connectivity index (χ3n) is 2.93. The predicted molar refractivity (Wildman–Crippen MR) is 103 cm³/mol. The van der Waals surface area contributed by atoms with Gasteiger partial charge in [0.1, 0.15) is 24.7 Å². The first-order valence-electron chi connectivity index (χ1n) is 8.65. The lowest BCUT2D eigenvalue weighted by Crippen LogP contribution is -2.32. The van der Waals surface area contributed by atoms with Gasteiger partial charge in [0.05, 0.1) is 11.7 Å². The van der Waals surface area contributed by atoms with Crippen LogP contribution in [0.2, 0.25) is 0 Å². The molecule has 1 rings (SSSR count). The van der Waals surface area contributed by atoms with E-state index in [9.17, 15) is 37.7 Å². The Morgan fingerprint density at radius 3 is 2.21 bits per heavy atom. The molecule has 5 N–H and O–H groups in total. The van der Waals surface area contributed by atoms with Crippen molar-refractivity contribution in [2.24, 2.45) is 5.73 Å². The number of carbonyl (C=O) groups excluding carboxylic acids is 1. The zero-order valence-electron chi connectivity index (χ0n) is 16.9. The van der Waals surface area contributed by atoms with Gasteiger partial charge in [-0.3, -0.25) is 4.79 Å². The number of ether oxygens (including phenoxy) is 2. The molecule has 0 bridgehead atoms. The summed E-state index contributed by atoms with van der Waals surface area (Å²) in [4.78, 5) is 44.8. The predicted octanol–water partition coefficient (Wildman–Crippen LogP) is 1.21. The minimum atomic E-state index is -4.56. The second-order valence-corrected chi connectivity index (χ2v) is 5.75. The smallest absolute Gasteiger partial charge is 0.422 e. The highest BCUT2D eigenvalue weighted by Gasteiger charge is 2.29. The summed E-state index contributed by atoms with van der Waals surface area (Å²) in [7, 11) is 0. The van der Waals surface area contributed by atoms with Gasteiger partial charge in [-0.05, 0) is 19.1 Å². The number of nitrogens with one attached hydrogen (secondary N) is 1. The molecule has 0 fully saturated rings. The number of amides is 1. The Morgan fingerprint density at radius 1 is 1.18 bits per heavy atom. The van der Waals surface area contributed by atoms with Gasteiger partial charge in [0.15, 0.2) is 6.61 Å². The van der Waals surface area contributed by atoms with Crippen LogP contribution in [0.15, 0.2) is 30.4 Å². The van der Waals surface area contributed by atoms with E-state index in [1.807, 2.05) is 0 Å². The first-order chi connectivity index (χ1) is 15.2. The number of anilines is 1. The quantitative estimate of drug-likeness (QED) is 0.153. The molecule has 1 amide bonds. The Hall–Kier alpha value is -4.08. The fourth-order valence-electron chi connectivity index (χ4n) is 1.64. The normalized spacial score (nSPS) is 11.5. The molecule has 0 aliphatic carbocycles. The van der Waals surface area contributed by atoms with E-state index in [-0.39, 0.29) is 30.4 Å². The van der Waals surface area contributed by atoms with Crippen molar-refractivity contribution in [3.8, 4) is 11.5 Å². The topological polar surface area (TPSA) is 201 Å². The summed E-state index contributed by atoms with van der Waals surface area (Å²) >= 11 is 0. The summed E-state index contributed by atoms with van der Waals surface area (Å²) in [6.07, 6.45) is -3.44. The molecule has 1 aromatic rings. The van der Waals surface area contributed by atoms with Crippen molar-refractivity contribution in [3.05, 3.63) is 40.5 Å². The van der Waals surface area contributed by atoms with Gasteiger partial charge >= 0.3 is 18.1 Å². The van der Waals surface area contributed by atoms with Gasteiger partial charge in [0.2, 0.25) is 5.91 Å². The number of benzene rings is 1. The fraction of sp³-hybridized carbons (Fsp3) is 0.353. The second-order valence-electron chi connectivity index (χ2n) is 5.75. The Kier molecular flexibility index (Phi) is 12.3. The van der Waals surface area contributed by atoms with E-state index in [0.717, 1.165) is 6.07 Å². The number of rotatable bonds is 11. The molecule has 1 unspecified atom stereocenters. The number of nitrogens with two attached hydrogens (primary N) is 1. The van der Waals surface area contributed by atoms with Crippen LogP contribution < -0.4 is 20.5 Å². The minimum absolute atomic E-state index is 0.0840. The molecular weight excluding hydrogens is 463 g/mol. The van der Waals surface area contributed by atoms with Crippen molar-refractivity contribution in [1.29, 1.82) is 0 Å². The van der Waals surface area contributed by atoms with E-state index in [4.69, 9.17) is 20.7 Å². The van der Waals surface area contributed by atoms with Crippen LogP contribution in [0.1, 0.15) is 6.92 Å². The van der Waals surface area contributed by atoms with Crippen LogP contribution >= 0.6 is 0 Å². The lowest BCUT2D eigenvalue weighted by molar-refractivity contribution is -0.757. The van der Waals surface area contributed by atoms with E-state index >= 15 is 0 Å². The number of hydrogen-bond donors (Lipinski definition) is 4. The summed E-state index contributed by atoms with van der Waals surface area (Å²) < 4.78 is 46.7. The molecule has 13 nitrogen and oxygen atoms in total. The van der Waals surface area contributed by atoms with Gasteiger partial charge in [-0.25, -0.2) is 9.59 Å². The maximum absolute atomic E-state index is 12.3. The van der Waals surface area contributed by atoms with E-state index in [2.05, 4.69) is 14.9 Å². The monoisotopic (exact) mass is 483 g/mol. The summed E-state index contributed by atoms with van der Waals surface area (Å²) in [6, 6.07) is 2.73. The van der Waals surface area contributed by atoms with Crippen molar-refractivity contribution < 1.29 is 57.2 Å². The second kappa shape index (κ2) is 14.1. The fourth-order valence-corrected chi connectivity index (χ4v) is 1.64. The molecule has 0 saturated carbocycles. The third kappa shape index (κ3) is 15.4. The summed E-state index contributed by atoms with van der Waals surface area (Å²) in [6.45, 7) is -0.697. The largest absolute Gasteiger partial charge is 0.491 e. The molecule has 0 radical (unpaired) electrons. The number of nitrogens with zero attached hydrogens (tertiary/aromatic N) is 1. The molecule has 0 heterocycles. The Bertz CT molecular complexity index is 843. The van der Waals surface area contributed by atoms with Gasteiger partial charge in [0.25, 0.3) is 5.09 Å². The van der Waals surface area contributed by atoms with Crippen LogP contribution in [0.25, 0.3) is 0 Å². The molecule has 0 aliphatic rings. The number of alkyl halides is 3. The lowest BCUT2D eigenvalue weighted by Gasteiger charge is -2.16. The molecule has 1 aromatic carbocycles. The van der Waals surface area contributed by atoms with Crippen molar-refractivity contribution in [3.63, 3.8) is 0 Å². The molecule has 184 valence electrons. The highest BCUT2D eigenvalue weighted by molar-refractivity contribution is 5.95. The molecule has 0 aromatic heterocycles. The summed E-state index contributed by atoms with van der Waals surface area (Å²) in [5.41, 5.74) is 5.31. The number of hydrogen-bond acceptors (Lipinski definition) is 9. The van der Waals surface area contributed by atoms with Crippen molar-refractivity contribution >= 4 is 23.5 Å². The van der Waals surface area contributed by atoms with Gasteiger partial charge in [-0.15, -0.1) is 10.1 Å². The first kappa shape index (κ1) is 28.9. The summed E-state index contributed by atoms with van der Waals surface area (Å²) in [5.74, 6) is -3.27. The third-order valence-corrected chi connectivity index (χ3v) is 2.93. The van der Waals surface area contributed by atoms with Crippen LogP contribution in [-0.4, -0.2) is 65.2 Å². The molecule has 1 atom stereocenters. The molecule has 0 spiro atoms. The number of carbonyl (C=O) groups is 3. The van der Waals surface area contributed by atoms with E-state index in [0.29, 0.717) is 12.2 Å². The van der Waals surface area contributed by atoms with Gasteiger partial charge < -0.3 is 35.6 Å². The Morgan fingerprint density at radius 2 is 1.76 bits per heavy atom. The minimum Gasteiger partial charge on any atom is -0.491 e. The van der Waals surface area contributed by atoms with E-state index in [1.165, 1.54) is 19.1 Å². The van der Waals surface area contributed by atoms with Crippen LogP contribution in [0.3, 0.4) is 0 Å². The van der Waals surface area contributed by atoms with Crippen molar-refractivity contribution in [2.75, 3.05) is 25.1 Å². The molecule has 0 saturated heterocycles. The number of aliphatic carboxylic acids is 2. The van der Waals surface area contributed by atoms with Crippen LogP contribution in [-0.2, 0) is 19.2 Å². The van der Waals surface area contributed by atoms with Crippen LogP contribution in [0.5, 0.6) is 11.5 Å². The summed E-state index contributed by atoms with van der Waals surface area (Å²) in [5, 5.41) is 27.0. The first-order valence-corrected chi connectivity index (χ1v) is 8.65. The molecule has 16 heteroatoms. The Labute approximate surface area is 183 Å². The number of carboxylic acid groups (broad SMARTS) is 2. The van der Waals surface area contributed by atoms with Crippen LogP contribution in [0.4, 0.5) is 18.9 Å². The maximum Gasteiger partial charge on any atom is 0.422 e. The van der Waals surface area contributed by atoms with E-state index in [1.54, 1.807) is 0 Å². The maximum atomic E-state index is 12.3. The Balaban J connectivity index is 0.00000109. The van der Waals surface area contributed by atoms with Crippen molar-refractivity contribution in [1.82, 2.24) is 0 Å². The zero-order valence-corrected chi connectivity index (χ0v) is 16.9. The average Bonchev–Trinajstić information content (AvgIpc) is 2.68. The number of carboxylic acids is 2. The standard InChI is InChI=1S/C13H16F3N3O6.C4H4O4/c1-8(17)12(20)18-10-6-9(23-4-5-25-19(21)22)2-3-11(10)24-7-13(14,15)16;5-3(6)1-2-4(7)8/h2-3,6,8H,4-5,7,17H2,1H3,(H,18,20);1-2H,(H,5,6)(H,7,8). The van der Waals surface area contributed by atoms with Gasteiger partial charge in [-0.1, -0.05) is 0 Å². The number of halogens is 3. The highest BCUT2D eigenvalue weighted by atomic mass is 19.4. The molecular formula is C17H20F3N3O10. The van der Waals surface area contributed by atoms with Gasteiger partial charge in [-0.2, -0.15) is 13.2 Å². The zero-order chi connectivity index (χ0) is 25.6. The molecule has 33 heavy (non-hydrogen) atoms. The molecule has 0 aliphatic heterocycles. The van der Waals surface area contributed by atoms with E-state index < -0.39 is 41.8 Å².